The van der Waals surface area contributed by atoms with Crippen LogP contribution >= 0.6 is 11.6 Å². The van der Waals surface area contributed by atoms with Crippen LogP contribution in [0.4, 0.5) is 17.6 Å². The maximum atomic E-state index is 13.6. The van der Waals surface area contributed by atoms with Crippen molar-refractivity contribution in [1.29, 1.82) is 0 Å². The molecule has 2 atom stereocenters. The Kier molecular flexibility index (Phi) is 9.90. The highest BCUT2D eigenvalue weighted by molar-refractivity contribution is 6.30. The van der Waals surface area contributed by atoms with Crippen molar-refractivity contribution < 1.29 is 47.2 Å². The fourth-order valence-electron chi connectivity index (χ4n) is 3.79. The molecule has 0 saturated carbocycles. The SMILES string of the molecule is O=C(O)C(F)(F)F.O=C(O)c1ccc(-c2ccc3c(c2)CC[C@H](CNCC(O)c2ccc(Cl)c(F)c2)O3)cc1. The van der Waals surface area contributed by atoms with Crippen molar-refractivity contribution in [1.82, 2.24) is 5.32 Å². The van der Waals surface area contributed by atoms with E-state index in [-0.39, 0.29) is 23.2 Å². The van der Waals surface area contributed by atoms with Crippen LogP contribution in [0.15, 0.2) is 60.7 Å². The van der Waals surface area contributed by atoms with Gasteiger partial charge in [0, 0.05) is 13.1 Å². The molecule has 1 heterocycles. The fourth-order valence-corrected chi connectivity index (χ4v) is 3.91. The molecule has 12 heteroatoms. The molecule has 0 aromatic heterocycles. The quantitative estimate of drug-likeness (QED) is 0.278. The van der Waals surface area contributed by atoms with Gasteiger partial charge in [-0.3, -0.25) is 0 Å². The van der Waals surface area contributed by atoms with Crippen LogP contribution in [0.1, 0.15) is 34.0 Å². The number of carboxylic acid groups (broad SMARTS) is 2. The molecular weight excluding hydrogens is 546 g/mol. The molecular formula is C27H24ClF4NO6. The summed E-state index contributed by atoms with van der Waals surface area (Å²) in [6, 6.07) is 17.1. The maximum Gasteiger partial charge on any atom is 0.490 e. The molecule has 3 aromatic carbocycles. The van der Waals surface area contributed by atoms with Gasteiger partial charge in [0.1, 0.15) is 17.7 Å². The summed E-state index contributed by atoms with van der Waals surface area (Å²) in [5.74, 6) is -3.42. The largest absolute Gasteiger partial charge is 0.490 e. The van der Waals surface area contributed by atoms with E-state index in [4.69, 9.17) is 31.3 Å². The molecule has 0 saturated heterocycles. The summed E-state index contributed by atoms with van der Waals surface area (Å²) < 4.78 is 51.4. The molecule has 3 aromatic rings. The predicted molar refractivity (Wildman–Crippen MR) is 135 cm³/mol. The summed E-state index contributed by atoms with van der Waals surface area (Å²) in [7, 11) is 0. The lowest BCUT2D eigenvalue weighted by atomic mass is 9.96. The van der Waals surface area contributed by atoms with E-state index in [1.807, 2.05) is 12.1 Å². The number of aliphatic hydroxyl groups excluding tert-OH is 1. The van der Waals surface area contributed by atoms with Gasteiger partial charge in [-0.25, -0.2) is 14.0 Å². The molecule has 1 aliphatic heterocycles. The number of halogens is 5. The highest BCUT2D eigenvalue weighted by atomic mass is 35.5. The molecule has 0 aliphatic carbocycles. The number of carbonyl (C=O) groups is 2. The third-order valence-corrected chi connectivity index (χ3v) is 6.14. The average molecular weight is 570 g/mol. The molecule has 0 spiro atoms. The van der Waals surface area contributed by atoms with Gasteiger partial charge in [0.05, 0.1) is 16.7 Å². The number of carboxylic acids is 2. The zero-order chi connectivity index (χ0) is 28.7. The van der Waals surface area contributed by atoms with Gasteiger partial charge in [0.2, 0.25) is 0 Å². The fraction of sp³-hybridized carbons (Fsp3) is 0.259. The molecule has 7 nitrogen and oxygen atoms in total. The summed E-state index contributed by atoms with van der Waals surface area (Å²) in [6.07, 6.45) is -4.27. The van der Waals surface area contributed by atoms with Crippen molar-refractivity contribution in [3.63, 3.8) is 0 Å². The van der Waals surface area contributed by atoms with E-state index in [1.165, 1.54) is 12.1 Å². The Morgan fingerprint density at radius 1 is 1.03 bits per heavy atom. The first-order valence-electron chi connectivity index (χ1n) is 11.6. The molecule has 0 amide bonds. The van der Waals surface area contributed by atoms with Crippen molar-refractivity contribution in [3.8, 4) is 16.9 Å². The van der Waals surface area contributed by atoms with Gasteiger partial charge in [0.15, 0.2) is 0 Å². The zero-order valence-electron chi connectivity index (χ0n) is 20.2. The van der Waals surface area contributed by atoms with Gasteiger partial charge in [0.25, 0.3) is 0 Å². The number of hydrogen-bond donors (Lipinski definition) is 4. The second-order valence-corrected chi connectivity index (χ2v) is 9.04. The van der Waals surface area contributed by atoms with Crippen molar-refractivity contribution >= 4 is 23.5 Å². The second kappa shape index (κ2) is 12.9. The maximum absolute atomic E-state index is 13.6. The van der Waals surface area contributed by atoms with Crippen LogP contribution in [0, 0.1) is 5.82 Å². The molecule has 1 aliphatic rings. The number of aliphatic carboxylic acids is 1. The Hall–Kier alpha value is -3.67. The van der Waals surface area contributed by atoms with E-state index in [1.54, 1.807) is 30.3 Å². The molecule has 39 heavy (non-hydrogen) atoms. The van der Waals surface area contributed by atoms with Crippen LogP contribution in [-0.2, 0) is 11.2 Å². The Bertz CT molecular complexity index is 1320. The minimum atomic E-state index is -5.08. The van der Waals surface area contributed by atoms with Crippen LogP contribution in [0.5, 0.6) is 5.75 Å². The molecule has 1 unspecified atom stereocenters. The highest BCUT2D eigenvalue weighted by Crippen LogP contribution is 2.32. The number of benzene rings is 3. The average Bonchev–Trinajstić information content (AvgIpc) is 2.89. The molecule has 208 valence electrons. The van der Waals surface area contributed by atoms with Crippen LogP contribution in [0.3, 0.4) is 0 Å². The Morgan fingerprint density at radius 3 is 2.26 bits per heavy atom. The molecule has 4 rings (SSSR count). The third-order valence-electron chi connectivity index (χ3n) is 5.84. The first-order chi connectivity index (χ1) is 18.3. The predicted octanol–water partition coefficient (Wildman–Crippen LogP) is 5.49. The number of hydrogen-bond acceptors (Lipinski definition) is 5. The number of rotatable bonds is 7. The minimum absolute atomic E-state index is 0.0302. The Labute approximate surface area is 225 Å². The van der Waals surface area contributed by atoms with Crippen LogP contribution in [-0.4, -0.2) is 52.6 Å². The Balaban J connectivity index is 0.000000532. The number of aromatic carboxylic acids is 1. The van der Waals surface area contributed by atoms with E-state index >= 15 is 0 Å². The normalized spacial score (nSPS) is 15.3. The number of nitrogens with one attached hydrogen (secondary N) is 1. The minimum Gasteiger partial charge on any atom is -0.489 e. The smallest absolute Gasteiger partial charge is 0.489 e. The van der Waals surface area contributed by atoms with E-state index in [0.29, 0.717) is 12.1 Å². The summed E-state index contributed by atoms with van der Waals surface area (Å²) in [5.41, 5.74) is 3.81. The topological polar surface area (TPSA) is 116 Å². The summed E-state index contributed by atoms with van der Waals surface area (Å²) in [5, 5.41) is 29.7. The van der Waals surface area contributed by atoms with Crippen molar-refractivity contribution in [2.45, 2.75) is 31.2 Å². The van der Waals surface area contributed by atoms with Crippen molar-refractivity contribution in [2.24, 2.45) is 0 Å². The molecule has 0 radical (unpaired) electrons. The lowest BCUT2D eigenvalue weighted by molar-refractivity contribution is -0.192. The van der Waals surface area contributed by atoms with Crippen molar-refractivity contribution in [3.05, 3.63) is 88.2 Å². The number of aryl methyl sites for hydroxylation is 1. The zero-order valence-corrected chi connectivity index (χ0v) is 21.0. The molecule has 0 bridgehead atoms. The van der Waals surface area contributed by atoms with E-state index in [9.17, 15) is 27.5 Å². The lowest BCUT2D eigenvalue weighted by Crippen LogP contribution is -2.36. The molecule has 4 N–H and O–H groups in total. The highest BCUT2D eigenvalue weighted by Gasteiger charge is 2.38. The van der Waals surface area contributed by atoms with Gasteiger partial charge in [-0.15, -0.1) is 0 Å². The van der Waals surface area contributed by atoms with Gasteiger partial charge >= 0.3 is 18.1 Å². The summed E-state index contributed by atoms with van der Waals surface area (Å²) in [4.78, 5) is 19.9. The van der Waals surface area contributed by atoms with Crippen LogP contribution in [0.2, 0.25) is 5.02 Å². The second-order valence-electron chi connectivity index (χ2n) is 8.63. The van der Waals surface area contributed by atoms with E-state index < -0.39 is 30.0 Å². The van der Waals surface area contributed by atoms with Gasteiger partial charge in [-0.1, -0.05) is 35.9 Å². The first kappa shape index (κ1) is 29.9. The van der Waals surface area contributed by atoms with Crippen LogP contribution in [0.25, 0.3) is 11.1 Å². The van der Waals surface area contributed by atoms with Gasteiger partial charge in [-0.2, -0.15) is 13.2 Å². The number of alkyl halides is 3. The third kappa shape index (κ3) is 8.41. The van der Waals surface area contributed by atoms with Gasteiger partial charge in [-0.05, 0) is 71.5 Å². The van der Waals surface area contributed by atoms with Crippen molar-refractivity contribution in [2.75, 3.05) is 13.1 Å². The monoisotopic (exact) mass is 569 g/mol. The summed E-state index contributed by atoms with van der Waals surface area (Å²) in [6.45, 7) is 0.837. The Morgan fingerprint density at radius 2 is 1.67 bits per heavy atom. The lowest BCUT2D eigenvalue weighted by Gasteiger charge is -2.27. The van der Waals surface area contributed by atoms with E-state index in [0.717, 1.165) is 35.3 Å². The summed E-state index contributed by atoms with van der Waals surface area (Å²) >= 11 is 5.68. The number of fused-ring (bicyclic) bond motifs is 1. The van der Waals surface area contributed by atoms with Crippen LogP contribution < -0.4 is 10.1 Å². The number of aliphatic hydroxyl groups is 1. The van der Waals surface area contributed by atoms with Gasteiger partial charge < -0.3 is 25.4 Å². The van der Waals surface area contributed by atoms with E-state index in [2.05, 4.69) is 11.4 Å². The molecule has 0 fully saturated rings. The first-order valence-corrected chi connectivity index (χ1v) is 12.0. The number of ether oxygens (including phenoxy) is 1. The standard InChI is InChI=1S/C25H23ClFNO4.C2HF3O2/c26-21-9-6-18(12-22(21)27)23(29)14-28-13-20-8-5-19-11-17(7-10-24(19)32-20)15-1-3-16(4-2-15)25(30)31;3-2(4,5)1(6)7/h1-4,6-7,9-12,20,23,28-29H,5,8,13-14H2,(H,30,31);(H,6,7)/t20-,23?;/m1./s1.